The number of rotatable bonds is 13. The molecule has 0 spiro atoms. The van der Waals surface area contributed by atoms with E-state index in [1.54, 1.807) is 6.92 Å². The standard InChI is InChI=1S/C19H38O2P.C2H5O/c1-6-11-14-22(15-12-7-2,16-13-8-3)17-18(9-4)19(20)21-10-5;1-2-3/h9H,6-8,10-17H2,1-5H3;2H2,1H3/q+1;-1/b18-9-;. The van der Waals surface area contributed by atoms with Crippen LogP contribution in [-0.2, 0) is 9.53 Å². The largest absolute Gasteiger partial charge is 0.855 e. The number of carbonyl (C=O) groups is 1. The highest BCUT2D eigenvalue weighted by Gasteiger charge is 2.37. The van der Waals surface area contributed by atoms with Crippen LogP contribution in [0.25, 0.3) is 0 Å². The van der Waals surface area contributed by atoms with Crippen molar-refractivity contribution in [2.24, 2.45) is 0 Å². The average Bonchev–Trinajstić information content (AvgIpc) is 2.61. The molecule has 4 heteroatoms. The Labute approximate surface area is 158 Å². The first kappa shape index (κ1) is 26.8. The molecule has 0 heterocycles. The summed E-state index contributed by atoms with van der Waals surface area (Å²) in [6, 6.07) is 0. The Morgan fingerprint density at radius 2 is 1.32 bits per heavy atom. The van der Waals surface area contributed by atoms with Gasteiger partial charge in [0.15, 0.2) is 0 Å². The van der Waals surface area contributed by atoms with Gasteiger partial charge in [0.1, 0.15) is 0 Å². The highest BCUT2D eigenvalue weighted by Crippen LogP contribution is 2.61. The maximum absolute atomic E-state index is 12.2. The molecule has 0 aliphatic heterocycles. The SMILES string of the molecule is C/C=C(/C[P+](CCCC)(CCCC)CCCC)C(=O)OCC.CC[O-]. The van der Waals surface area contributed by atoms with E-state index in [1.807, 2.05) is 19.9 Å². The number of hydrogen-bond donors (Lipinski definition) is 0. The normalized spacial score (nSPS) is 11.7. The van der Waals surface area contributed by atoms with Gasteiger partial charge in [-0.3, -0.25) is 0 Å². The molecule has 0 aromatic heterocycles. The van der Waals surface area contributed by atoms with E-state index < -0.39 is 7.26 Å². The summed E-state index contributed by atoms with van der Waals surface area (Å²) < 4.78 is 5.26. The molecule has 0 amide bonds. The molecule has 0 rings (SSSR count). The van der Waals surface area contributed by atoms with Gasteiger partial charge in [-0.15, -0.1) is 6.61 Å². The number of carbonyl (C=O) groups excluding carboxylic acids is 1. The first-order valence-corrected chi connectivity index (χ1v) is 12.8. The molecular formula is C21H43O3P. The monoisotopic (exact) mass is 374 g/mol. The molecule has 0 bridgehead atoms. The second kappa shape index (κ2) is 18.4. The van der Waals surface area contributed by atoms with Crippen molar-refractivity contribution in [2.75, 3.05) is 37.9 Å². The van der Waals surface area contributed by atoms with E-state index in [2.05, 4.69) is 20.8 Å². The van der Waals surface area contributed by atoms with Gasteiger partial charge in [-0.1, -0.05) is 53.0 Å². The van der Waals surface area contributed by atoms with Crippen molar-refractivity contribution in [1.82, 2.24) is 0 Å². The van der Waals surface area contributed by atoms with Gasteiger partial charge in [0.2, 0.25) is 0 Å². The van der Waals surface area contributed by atoms with Crippen molar-refractivity contribution >= 4 is 13.2 Å². The molecule has 0 aliphatic rings. The zero-order chi connectivity index (χ0) is 19.6. The summed E-state index contributed by atoms with van der Waals surface area (Å²) in [6.07, 6.45) is 14.7. The van der Waals surface area contributed by atoms with Crippen molar-refractivity contribution in [2.45, 2.75) is 80.1 Å². The van der Waals surface area contributed by atoms with E-state index in [0.717, 1.165) is 11.7 Å². The van der Waals surface area contributed by atoms with Crippen LogP contribution < -0.4 is 5.11 Å². The Kier molecular flexibility index (Phi) is 19.7. The molecule has 0 N–H and O–H groups in total. The molecule has 150 valence electrons. The molecule has 0 aromatic carbocycles. The molecule has 0 fully saturated rings. The van der Waals surface area contributed by atoms with Gasteiger partial charge >= 0.3 is 5.97 Å². The topological polar surface area (TPSA) is 49.4 Å². The van der Waals surface area contributed by atoms with Gasteiger partial charge < -0.3 is 9.84 Å². The fourth-order valence-corrected chi connectivity index (χ4v) is 8.05. The van der Waals surface area contributed by atoms with Crippen LogP contribution in [0.5, 0.6) is 0 Å². The molecule has 25 heavy (non-hydrogen) atoms. The molecule has 0 radical (unpaired) electrons. The molecule has 0 aromatic rings. The van der Waals surface area contributed by atoms with Gasteiger partial charge in [0.25, 0.3) is 0 Å². The van der Waals surface area contributed by atoms with E-state index in [9.17, 15) is 4.79 Å². The van der Waals surface area contributed by atoms with Crippen molar-refractivity contribution in [1.29, 1.82) is 0 Å². The van der Waals surface area contributed by atoms with Crippen LogP contribution in [0.15, 0.2) is 11.6 Å². The number of esters is 1. The minimum atomic E-state index is -1.07. The summed E-state index contributed by atoms with van der Waals surface area (Å²) >= 11 is 0. The number of hydrogen-bond acceptors (Lipinski definition) is 3. The summed E-state index contributed by atoms with van der Waals surface area (Å²) in [5, 5.41) is 8.93. The summed E-state index contributed by atoms with van der Waals surface area (Å²) in [6.45, 7) is 12.7. The van der Waals surface area contributed by atoms with Crippen LogP contribution in [0, 0.1) is 0 Å². The van der Waals surface area contributed by atoms with Gasteiger partial charge in [-0.25, -0.2) is 4.79 Å². The van der Waals surface area contributed by atoms with Crippen molar-refractivity contribution in [3.63, 3.8) is 0 Å². The molecule has 0 unspecified atom stereocenters. The molecular weight excluding hydrogens is 331 g/mol. The highest BCUT2D eigenvalue weighted by molar-refractivity contribution is 7.76. The van der Waals surface area contributed by atoms with Crippen molar-refractivity contribution < 1.29 is 14.6 Å². The van der Waals surface area contributed by atoms with Crippen LogP contribution in [0.3, 0.4) is 0 Å². The highest BCUT2D eigenvalue weighted by atomic mass is 31.2. The van der Waals surface area contributed by atoms with Gasteiger partial charge in [0.05, 0.1) is 36.8 Å². The number of ether oxygens (including phenoxy) is 1. The maximum Gasteiger partial charge on any atom is 0.337 e. The lowest BCUT2D eigenvalue weighted by atomic mass is 10.3. The zero-order valence-electron chi connectivity index (χ0n) is 17.7. The maximum atomic E-state index is 12.2. The van der Waals surface area contributed by atoms with Gasteiger partial charge in [0, 0.05) is 7.26 Å². The second-order valence-corrected chi connectivity index (χ2v) is 10.9. The van der Waals surface area contributed by atoms with E-state index >= 15 is 0 Å². The lowest BCUT2D eigenvalue weighted by Crippen LogP contribution is -2.19. The van der Waals surface area contributed by atoms with Crippen LogP contribution >= 0.6 is 7.26 Å². The molecule has 0 atom stereocenters. The molecule has 3 nitrogen and oxygen atoms in total. The van der Waals surface area contributed by atoms with E-state index in [1.165, 1.54) is 57.0 Å². The minimum Gasteiger partial charge on any atom is -0.855 e. The number of unbranched alkanes of at least 4 members (excludes halogenated alkanes) is 3. The molecule has 0 saturated heterocycles. The Hall–Kier alpha value is -0.400. The van der Waals surface area contributed by atoms with Crippen molar-refractivity contribution in [3.8, 4) is 0 Å². The van der Waals surface area contributed by atoms with Crippen LogP contribution in [-0.4, -0.2) is 43.8 Å². The Bertz CT molecular complexity index is 318. The van der Waals surface area contributed by atoms with Gasteiger partial charge in [-0.2, -0.15) is 0 Å². The predicted molar refractivity (Wildman–Crippen MR) is 112 cm³/mol. The van der Waals surface area contributed by atoms with Gasteiger partial charge in [-0.05, 0) is 33.1 Å². The first-order chi connectivity index (χ1) is 12.0. The first-order valence-electron chi connectivity index (χ1n) is 10.3. The Morgan fingerprint density at radius 1 is 0.920 bits per heavy atom. The predicted octanol–water partition coefficient (Wildman–Crippen LogP) is 5.28. The fraction of sp³-hybridized carbons (Fsp3) is 0.857. The molecule has 0 saturated carbocycles. The second-order valence-electron chi connectivity index (χ2n) is 6.55. The van der Waals surface area contributed by atoms with Crippen molar-refractivity contribution in [3.05, 3.63) is 11.6 Å². The zero-order valence-corrected chi connectivity index (χ0v) is 18.6. The van der Waals surface area contributed by atoms with Crippen LogP contribution in [0.2, 0.25) is 0 Å². The fourth-order valence-electron chi connectivity index (χ4n) is 2.91. The number of allylic oxidation sites excluding steroid dienone is 1. The quantitative estimate of drug-likeness (QED) is 0.250. The average molecular weight is 375 g/mol. The van der Waals surface area contributed by atoms with E-state index in [-0.39, 0.29) is 12.6 Å². The van der Waals surface area contributed by atoms with Crippen LogP contribution in [0.4, 0.5) is 0 Å². The van der Waals surface area contributed by atoms with E-state index in [4.69, 9.17) is 9.84 Å². The third-order valence-corrected chi connectivity index (χ3v) is 9.16. The summed E-state index contributed by atoms with van der Waals surface area (Å²) in [4.78, 5) is 12.2. The third kappa shape index (κ3) is 13.5. The lowest BCUT2D eigenvalue weighted by Gasteiger charge is -2.28. The minimum absolute atomic E-state index is 0. The summed E-state index contributed by atoms with van der Waals surface area (Å²) in [5.41, 5.74) is 0.929. The molecule has 0 aliphatic carbocycles. The van der Waals surface area contributed by atoms with E-state index in [0.29, 0.717) is 6.61 Å². The summed E-state index contributed by atoms with van der Waals surface area (Å²) in [7, 11) is -1.07. The van der Waals surface area contributed by atoms with Crippen LogP contribution in [0.1, 0.15) is 80.1 Å². The Morgan fingerprint density at radius 3 is 1.60 bits per heavy atom. The third-order valence-electron chi connectivity index (χ3n) is 4.35. The lowest BCUT2D eigenvalue weighted by molar-refractivity contribution is -0.361. The Balaban J connectivity index is 0. The smallest absolute Gasteiger partial charge is 0.337 e. The summed E-state index contributed by atoms with van der Waals surface area (Å²) in [5.74, 6) is -0.0844.